The van der Waals surface area contributed by atoms with E-state index >= 15 is 0 Å². The van der Waals surface area contributed by atoms with Gasteiger partial charge in [0.2, 0.25) is 0 Å². The average Bonchev–Trinajstić information content (AvgIpc) is 2.65. The number of ether oxygens (including phenoxy) is 1. The van der Waals surface area contributed by atoms with E-state index in [9.17, 15) is 9.59 Å². The van der Waals surface area contributed by atoms with Crippen molar-refractivity contribution in [2.75, 3.05) is 0 Å². The predicted octanol–water partition coefficient (Wildman–Crippen LogP) is 2.53. The zero-order chi connectivity index (χ0) is 18.2. The molecule has 3 rings (SSSR count). The third kappa shape index (κ3) is 2.23. The minimum atomic E-state index is -1.02. The fourth-order valence-electron chi connectivity index (χ4n) is 5.47. The van der Waals surface area contributed by atoms with Gasteiger partial charge in [-0.1, -0.05) is 13.8 Å². The van der Waals surface area contributed by atoms with Gasteiger partial charge in [0.05, 0.1) is 5.41 Å². The number of fused-ring (bicyclic) bond motifs is 2. The van der Waals surface area contributed by atoms with Crippen molar-refractivity contribution in [3.63, 3.8) is 0 Å². The summed E-state index contributed by atoms with van der Waals surface area (Å²) in [6.07, 6.45) is 3.06. The van der Waals surface area contributed by atoms with Crippen molar-refractivity contribution in [1.82, 2.24) is 10.6 Å². The molecule has 0 spiro atoms. The first kappa shape index (κ1) is 17.7. The molecule has 0 aromatic rings. The Bertz CT molecular complexity index is 579. The summed E-state index contributed by atoms with van der Waals surface area (Å²) in [5, 5.41) is 6.86. The molecular weight excluding hydrogens is 304 g/mol. The van der Waals surface area contributed by atoms with Crippen LogP contribution in [0.1, 0.15) is 74.1 Å². The van der Waals surface area contributed by atoms with Gasteiger partial charge in [-0.15, -0.1) is 0 Å². The lowest BCUT2D eigenvalue weighted by Gasteiger charge is -2.47. The molecule has 5 heteroatoms. The van der Waals surface area contributed by atoms with Gasteiger partial charge in [-0.2, -0.15) is 0 Å². The van der Waals surface area contributed by atoms with Crippen LogP contribution in [0, 0.1) is 10.8 Å². The highest BCUT2D eigenvalue weighted by atomic mass is 16.6. The standard InChI is InChI=1S/C19H32N2O3/c1-15(2)10-12(11-16(3,4)21-15)20-13(22)19-9-8-18(7,14(23)24-19)17(19,5)6/h12,21H,8-11H2,1-7H3,(H,20,22). The summed E-state index contributed by atoms with van der Waals surface area (Å²) >= 11 is 0. The summed E-state index contributed by atoms with van der Waals surface area (Å²) in [7, 11) is 0. The zero-order valence-electron chi connectivity index (χ0n) is 16.1. The highest BCUT2D eigenvalue weighted by molar-refractivity contribution is 5.96. The molecule has 136 valence electrons. The van der Waals surface area contributed by atoms with E-state index in [1.807, 2.05) is 20.8 Å². The largest absolute Gasteiger partial charge is 0.448 e. The highest BCUT2D eigenvalue weighted by Crippen LogP contribution is 2.65. The second-order valence-electron chi connectivity index (χ2n) is 10.1. The maximum atomic E-state index is 13.2. The monoisotopic (exact) mass is 336 g/mol. The third-order valence-corrected chi connectivity index (χ3v) is 6.98. The lowest BCUT2D eigenvalue weighted by atomic mass is 9.66. The Labute approximate surface area is 145 Å². The average molecular weight is 336 g/mol. The van der Waals surface area contributed by atoms with Crippen LogP contribution in [0.2, 0.25) is 0 Å². The summed E-state index contributed by atoms with van der Waals surface area (Å²) in [6, 6.07) is 0.0834. The summed E-state index contributed by atoms with van der Waals surface area (Å²) in [6.45, 7) is 14.6. The molecule has 2 bridgehead atoms. The van der Waals surface area contributed by atoms with Gasteiger partial charge in [-0.3, -0.25) is 9.59 Å². The minimum Gasteiger partial charge on any atom is -0.448 e. The molecule has 3 aliphatic rings. The summed E-state index contributed by atoms with van der Waals surface area (Å²) in [5.74, 6) is -0.333. The van der Waals surface area contributed by atoms with Crippen molar-refractivity contribution in [3.8, 4) is 0 Å². The van der Waals surface area contributed by atoms with Crippen LogP contribution in [0.25, 0.3) is 0 Å². The zero-order valence-corrected chi connectivity index (χ0v) is 16.1. The van der Waals surface area contributed by atoms with E-state index < -0.39 is 16.4 Å². The lowest BCUT2D eigenvalue weighted by Crippen LogP contribution is -2.64. The van der Waals surface area contributed by atoms with E-state index in [1.54, 1.807) is 0 Å². The number of piperidine rings is 1. The Morgan fingerprint density at radius 2 is 1.58 bits per heavy atom. The van der Waals surface area contributed by atoms with Crippen molar-refractivity contribution < 1.29 is 14.3 Å². The number of esters is 1. The molecule has 0 aromatic heterocycles. The van der Waals surface area contributed by atoms with Crippen LogP contribution in [-0.4, -0.2) is 34.6 Å². The van der Waals surface area contributed by atoms with Crippen LogP contribution in [0.3, 0.4) is 0 Å². The van der Waals surface area contributed by atoms with Gasteiger partial charge in [-0.05, 0) is 60.3 Å². The van der Waals surface area contributed by atoms with E-state index in [0.29, 0.717) is 6.42 Å². The van der Waals surface area contributed by atoms with E-state index in [-0.39, 0.29) is 29.0 Å². The summed E-state index contributed by atoms with van der Waals surface area (Å²) < 4.78 is 5.71. The molecular formula is C19H32N2O3. The maximum Gasteiger partial charge on any atom is 0.313 e. The first-order chi connectivity index (χ1) is 10.7. The molecule has 2 atom stereocenters. The van der Waals surface area contributed by atoms with E-state index in [2.05, 4.69) is 38.3 Å². The summed E-state index contributed by atoms with van der Waals surface area (Å²) in [5.41, 5.74) is -2.14. The van der Waals surface area contributed by atoms with Crippen LogP contribution in [-0.2, 0) is 14.3 Å². The molecule has 0 aromatic carbocycles. The van der Waals surface area contributed by atoms with Crippen molar-refractivity contribution in [1.29, 1.82) is 0 Å². The molecule has 0 radical (unpaired) electrons. The van der Waals surface area contributed by atoms with Gasteiger partial charge in [0.25, 0.3) is 5.91 Å². The first-order valence-electron chi connectivity index (χ1n) is 9.09. The van der Waals surface area contributed by atoms with Crippen LogP contribution < -0.4 is 10.6 Å². The van der Waals surface area contributed by atoms with E-state index in [4.69, 9.17) is 4.74 Å². The number of carbonyl (C=O) groups excluding carboxylic acids is 2. The SMILES string of the molecule is CC1(C)CC(NC(=O)C23CCC(C)(C(=O)O2)C3(C)C)CC(C)(C)N1. The molecule has 1 amide bonds. The fourth-order valence-corrected chi connectivity index (χ4v) is 5.47. The van der Waals surface area contributed by atoms with Crippen LogP contribution in [0.15, 0.2) is 0 Å². The highest BCUT2D eigenvalue weighted by Gasteiger charge is 2.75. The van der Waals surface area contributed by atoms with Crippen LogP contribution >= 0.6 is 0 Å². The third-order valence-electron chi connectivity index (χ3n) is 6.98. The number of rotatable bonds is 2. The normalized spacial score (nSPS) is 39.5. The van der Waals surface area contributed by atoms with Crippen molar-refractivity contribution in [2.24, 2.45) is 10.8 Å². The Kier molecular flexibility index (Phi) is 3.50. The Hall–Kier alpha value is -1.10. The quantitative estimate of drug-likeness (QED) is 0.761. The predicted molar refractivity (Wildman–Crippen MR) is 92.4 cm³/mol. The maximum absolute atomic E-state index is 13.2. The first-order valence-corrected chi connectivity index (χ1v) is 9.09. The minimum absolute atomic E-state index is 0.0383. The van der Waals surface area contributed by atoms with Gasteiger partial charge in [0.15, 0.2) is 5.60 Å². The second kappa shape index (κ2) is 4.75. The molecule has 2 heterocycles. The Morgan fingerprint density at radius 1 is 1.04 bits per heavy atom. The van der Waals surface area contributed by atoms with Crippen molar-refractivity contribution in [3.05, 3.63) is 0 Å². The second-order valence-corrected chi connectivity index (χ2v) is 10.1. The van der Waals surface area contributed by atoms with Gasteiger partial charge in [-0.25, -0.2) is 0 Å². The molecule has 1 aliphatic carbocycles. The van der Waals surface area contributed by atoms with Gasteiger partial charge in [0, 0.05) is 22.5 Å². The fraction of sp³-hybridized carbons (Fsp3) is 0.895. The van der Waals surface area contributed by atoms with Gasteiger partial charge in [0.1, 0.15) is 0 Å². The molecule has 1 saturated carbocycles. The number of amides is 1. The number of hydrogen-bond donors (Lipinski definition) is 2. The lowest BCUT2D eigenvalue weighted by molar-refractivity contribution is -0.168. The van der Waals surface area contributed by atoms with Gasteiger partial charge < -0.3 is 15.4 Å². The van der Waals surface area contributed by atoms with Gasteiger partial charge >= 0.3 is 5.97 Å². The molecule has 2 aliphatic heterocycles. The molecule has 2 N–H and O–H groups in total. The number of nitrogens with one attached hydrogen (secondary N) is 2. The Balaban J connectivity index is 1.82. The Morgan fingerprint density at radius 3 is 2.00 bits per heavy atom. The topological polar surface area (TPSA) is 67.4 Å². The number of hydrogen-bond acceptors (Lipinski definition) is 4. The molecule has 2 saturated heterocycles. The van der Waals surface area contributed by atoms with Crippen molar-refractivity contribution >= 4 is 11.9 Å². The van der Waals surface area contributed by atoms with Crippen LogP contribution in [0.4, 0.5) is 0 Å². The molecule has 2 unspecified atom stereocenters. The molecule has 24 heavy (non-hydrogen) atoms. The smallest absolute Gasteiger partial charge is 0.313 e. The van der Waals surface area contributed by atoms with Crippen LogP contribution in [0.5, 0.6) is 0 Å². The van der Waals surface area contributed by atoms with E-state index in [1.165, 1.54) is 0 Å². The summed E-state index contributed by atoms with van der Waals surface area (Å²) in [4.78, 5) is 25.6. The number of carbonyl (C=O) groups is 2. The van der Waals surface area contributed by atoms with Crippen molar-refractivity contribution in [2.45, 2.75) is 96.9 Å². The van der Waals surface area contributed by atoms with E-state index in [0.717, 1.165) is 19.3 Å². The molecule has 5 nitrogen and oxygen atoms in total. The molecule has 3 fully saturated rings.